The number of hydrogen-bond donors (Lipinski definition) is 23. The average Bonchev–Trinajstić information content (AvgIpc) is 0.903. The fourth-order valence-corrected chi connectivity index (χ4v) is 8.02. The molecule has 0 aromatic heterocycles. The van der Waals surface area contributed by atoms with Gasteiger partial charge in [-0.2, -0.15) is 0 Å². The lowest BCUT2D eigenvalue weighted by atomic mass is 10.1. The van der Waals surface area contributed by atoms with Gasteiger partial charge < -0.3 is 138 Å². The molecular formula is C82H151N11O30. The maximum Gasteiger partial charge on any atom is 0.333 e. The van der Waals surface area contributed by atoms with Crippen molar-refractivity contribution in [2.75, 3.05) is 250 Å². The number of esters is 1. The molecule has 0 radical (unpaired) electrons. The molecule has 41 nitrogen and oxygen atoms in total. The normalized spacial score (nSPS) is 10.1. The zero-order valence-electron chi connectivity index (χ0n) is 73.0. The minimum Gasteiger partial charge on any atom is -0.462 e. The Labute approximate surface area is 725 Å². The fraction of sp³-hybridized carbons (Fsp3) is 0.598. The summed E-state index contributed by atoms with van der Waals surface area (Å²) >= 11 is 0. The highest BCUT2D eigenvalue weighted by molar-refractivity contribution is 5.93. The van der Waals surface area contributed by atoms with Crippen LogP contribution in [0.5, 0.6) is 0 Å². The van der Waals surface area contributed by atoms with E-state index in [1.54, 1.807) is 39.8 Å². The third kappa shape index (κ3) is 85.5. The number of carbonyl (C=O) groups excluding carboxylic acids is 7. The van der Waals surface area contributed by atoms with Crippen LogP contribution in [0.4, 0.5) is 9.59 Å². The molecule has 0 aliphatic rings. The summed E-state index contributed by atoms with van der Waals surface area (Å²) < 4.78 is 4.92. The van der Waals surface area contributed by atoms with E-state index in [1.807, 2.05) is 52.0 Å². The smallest absolute Gasteiger partial charge is 0.333 e. The standard InChI is InChI=1S/C13H19NO2.C11H22N2O5.C11H21NO4.C10H20N2O5.C9H17NO2.C8H15NO3.2C7H13NO3.C6H11NO3/c1-2-12-3-5-13(6-4-12)11-14(7-9-15)8-10-16;1-10(2)9-18-17-8-3-12-11(16)13(4-6-14)5-7-15;1-10(2)11(15)16-9-3-4-12(5-7-13)6-8-14;1-8(2)7-17-16-4-3-11-10(15)12-9(5-13)6-14;1-3-5-10(6-4-2)9(7-11)8-12;1-7(2)8(12)9(3-5-10)4-6-11;1-5(2)7(11)8-6(3-9)4-10;1-2-7(11)8(3-5-9)4-6-10;1-2-6(10)7-5(3-8)4-9/h2-6,15-16H,1,7-11H2;14-15H,1,3-9H2,2H3,(H,12,16);13-14H,1,3-9H2,2H3;9,13-14H,1,3-7H2,2H3,(H2,11,12,15);3-4,9,11-12H,1-2,5-8H2;10-11H,1,3-6H2,2H3;6,9-10H,1,3-4H2,2H3,(H,8,11);2,9-10H,1,3-6H2;2,5,8-9H,1,3-4H2,(H,7,10). The predicted octanol–water partition coefficient (Wildman–Crippen LogP) is -4.38. The summed E-state index contributed by atoms with van der Waals surface area (Å²) in [4.78, 5) is 106. The third-order valence-corrected chi connectivity index (χ3v) is 14.4. The second-order valence-electron chi connectivity index (χ2n) is 25.6. The second-order valence-corrected chi connectivity index (χ2v) is 25.6. The Morgan fingerprint density at radius 3 is 1.15 bits per heavy atom. The second kappa shape index (κ2) is 95.7. The first kappa shape index (κ1) is 130. The van der Waals surface area contributed by atoms with Crippen molar-refractivity contribution in [2.45, 2.75) is 71.8 Å². The summed E-state index contributed by atoms with van der Waals surface area (Å²) in [5, 5.41) is 168. The van der Waals surface area contributed by atoms with E-state index in [4.69, 9.17) is 116 Å². The number of amides is 8. The van der Waals surface area contributed by atoms with Crippen molar-refractivity contribution in [1.82, 2.24) is 56.0 Å². The number of ether oxygens (including phenoxy) is 1. The largest absolute Gasteiger partial charge is 0.462 e. The number of hydrogen-bond acceptors (Lipinski definition) is 33. The molecule has 41 heteroatoms. The van der Waals surface area contributed by atoms with Gasteiger partial charge in [-0.05, 0) is 64.3 Å². The Balaban J connectivity index is -0.000000203. The van der Waals surface area contributed by atoms with Crippen molar-refractivity contribution in [2.24, 2.45) is 0 Å². The van der Waals surface area contributed by atoms with Crippen LogP contribution in [0.15, 0.2) is 142 Å². The van der Waals surface area contributed by atoms with Gasteiger partial charge in [0.2, 0.25) is 23.6 Å². The Morgan fingerprint density at radius 1 is 0.415 bits per heavy atom. The number of carbonyl (C=O) groups is 7. The number of aliphatic hydroxyl groups excluding tert-OH is 18. The van der Waals surface area contributed by atoms with Gasteiger partial charge >= 0.3 is 18.0 Å². The maximum atomic E-state index is 11.5. The van der Waals surface area contributed by atoms with Crippen molar-refractivity contribution in [3.8, 4) is 0 Å². The van der Waals surface area contributed by atoms with E-state index in [9.17, 15) is 33.6 Å². The van der Waals surface area contributed by atoms with Gasteiger partial charge in [-0.25, -0.2) is 33.9 Å². The van der Waals surface area contributed by atoms with E-state index in [0.29, 0.717) is 88.8 Å². The molecule has 0 aliphatic heterocycles. The van der Waals surface area contributed by atoms with Gasteiger partial charge in [0.1, 0.15) is 13.2 Å². The van der Waals surface area contributed by atoms with E-state index >= 15 is 0 Å². The quantitative estimate of drug-likeness (QED) is 0.00731. The number of nitrogens with one attached hydrogen (secondary N) is 5. The first-order valence-electron chi connectivity index (χ1n) is 39.2. The van der Waals surface area contributed by atoms with Crippen LogP contribution in [0.1, 0.15) is 52.2 Å². The van der Waals surface area contributed by atoms with Gasteiger partial charge in [0, 0.05) is 121 Å². The van der Waals surface area contributed by atoms with E-state index < -0.39 is 30.1 Å². The molecule has 0 saturated carbocycles. The van der Waals surface area contributed by atoms with Gasteiger partial charge in [-0.1, -0.05) is 106 Å². The van der Waals surface area contributed by atoms with E-state index in [-0.39, 0.29) is 220 Å². The number of aliphatic hydroxyl groups is 18. The van der Waals surface area contributed by atoms with Gasteiger partial charge in [0.15, 0.2) is 0 Å². The summed E-state index contributed by atoms with van der Waals surface area (Å²) in [5.74, 6) is -1.62. The Morgan fingerprint density at radius 2 is 0.805 bits per heavy atom. The molecule has 0 atom stereocenters. The van der Waals surface area contributed by atoms with Crippen molar-refractivity contribution >= 4 is 47.7 Å². The van der Waals surface area contributed by atoms with Crippen LogP contribution in [-0.4, -0.2) is 437 Å². The number of nitrogens with zero attached hydrogens (tertiary/aromatic N) is 6. The molecule has 123 heavy (non-hydrogen) atoms. The summed E-state index contributed by atoms with van der Waals surface area (Å²) in [7, 11) is 0. The first-order valence-corrected chi connectivity index (χ1v) is 39.2. The van der Waals surface area contributed by atoms with Crippen LogP contribution in [0.3, 0.4) is 0 Å². The van der Waals surface area contributed by atoms with Crippen LogP contribution in [-0.2, 0) is 54.8 Å². The predicted molar refractivity (Wildman–Crippen MR) is 468 cm³/mol. The van der Waals surface area contributed by atoms with E-state index in [0.717, 1.165) is 35.4 Å². The van der Waals surface area contributed by atoms with Crippen LogP contribution in [0.25, 0.3) is 6.08 Å². The SMILES string of the molecule is C=C(C)C(=O)N(CCO)CCO.C=C(C)C(=O)NC(CO)CO.C=C(C)C(=O)OCCCN(CCO)CCO.C=C(C)COOCCNC(=O)N(CCO)CCO.C=C(C)COOCCNC(=O)NC(CO)CO.C=CC(=O)N(CCO)CCO.C=CC(=O)NC(CO)CO.C=CCN(CC=C)C(CO)CO.C=Cc1ccc(CN(CCO)CCO)cc1. The first-order chi connectivity index (χ1) is 58.6. The number of benzene rings is 1. The summed E-state index contributed by atoms with van der Waals surface area (Å²) in [6, 6.07) is 5.23. The maximum absolute atomic E-state index is 11.5. The summed E-state index contributed by atoms with van der Waals surface area (Å²) in [5.41, 5.74) is 5.11. The van der Waals surface area contributed by atoms with Crippen LogP contribution in [0.2, 0.25) is 0 Å². The van der Waals surface area contributed by atoms with Crippen molar-refractivity contribution in [3.63, 3.8) is 0 Å². The molecule has 0 fully saturated rings. The minimum atomic E-state index is -0.657. The molecule has 714 valence electrons. The zero-order valence-corrected chi connectivity index (χ0v) is 73.0. The molecular weight excluding hydrogens is 1620 g/mol. The molecule has 1 aromatic carbocycles. The highest BCUT2D eigenvalue weighted by atomic mass is 17.2. The minimum absolute atomic E-state index is 0.0435. The fourth-order valence-electron chi connectivity index (χ4n) is 8.02. The van der Waals surface area contributed by atoms with Crippen LogP contribution >= 0.6 is 0 Å². The molecule has 1 rings (SSSR count). The molecule has 0 bridgehead atoms. The third-order valence-electron chi connectivity index (χ3n) is 14.4. The van der Waals surface area contributed by atoms with Gasteiger partial charge in [0.05, 0.1) is 163 Å². The lowest BCUT2D eigenvalue weighted by molar-refractivity contribution is -0.286. The Hall–Kier alpha value is -8.49. The van der Waals surface area contributed by atoms with Crippen molar-refractivity contribution in [1.29, 1.82) is 0 Å². The molecule has 0 heterocycles. The number of urea groups is 2. The highest BCUT2D eigenvalue weighted by Gasteiger charge is 2.17. The summed E-state index contributed by atoms with van der Waals surface area (Å²) in [6.45, 7) is 49.4. The Kier molecular flexibility index (Phi) is 101. The Bertz CT molecular complexity index is 2850. The molecule has 8 amide bonds. The average molecular weight is 1770 g/mol. The lowest BCUT2D eigenvalue weighted by Crippen LogP contribution is -2.46. The summed E-state index contributed by atoms with van der Waals surface area (Å²) in [6.07, 6.45) is 8.20. The molecule has 0 saturated heterocycles. The molecule has 0 unspecified atom stereocenters. The van der Waals surface area contributed by atoms with Gasteiger partial charge in [-0.3, -0.25) is 33.9 Å². The lowest BCUT2D eigenvalue weighted by Gasteiger charge is -2.26. The zero-order chi connectivity index (χ0) is 95.6. The van der Waals surface area contributed by atoms with Gasteiger partial charge in [0.25, 0.3) is 0 Å². The van der Waals surface area contributed by atoms with Crippen molar-refractivity contribution in [3.05, 3.63) is 153 Å². The van der Waals surface area contributed by atoms with Gasteiger partial charge in [-0.15, -0.1) is 13.2 Å². The van der Waals surface area contributed by atoms with Crippen LogP contribution < -0.4 is 26.6 Å². The van der Waals surface area contributed by atoms with E-state index in [1.165, 1.54) is 20.3 Å². The molecule has 1 aromatic rings. The highest BCUT2D eigenvalue weighted by Crippen LogP contribution is 2.09. The molecule has 23 N–H and O–H groups in total. The topological polar surface area (TPSA) is 609 Å². The van der Waals surface area contributed by atoms with E-state index in [2.05, 4.69) is 92.4 Å². The molecule has 0 aliphatic carbocycles. The number of rotatable bonds is 60. The van der Waals surface area contributed by atoms with Crippen molar-refractivity contribution < 1.29 is 150 Å². The van der Waals surface area contributed by atoms with Crippen LogP contribution in [0, 0.1) is 0 Å². The molecule has 0 spiro atoms. The monoisotopic (exact) mass is 1770 g/mol.